The Labute approximate surface area is 168 Å². The maximum atomic E-state index is 14.6. The van der Waals surface area contributed by atoms with Gasteiger partial charge in [-0.25, -0.2) is 13.7 Å². The monoisotopic (exact) mass is 441 g/mol. The minimum absolute atomic E-state index is 0.124. The summed E-state index contributed by atoms with van der Waals surface area (Å²) in [4.78, 5) is 11.3. The van der Waals surface area contributed by atoms with E-state index in [1.54, 1.807) is 0 Å². The Bertz CT molecular complexity index is 1270. The standard InChI is InChI=1S/C21H17BrFN3O2/c1-11-19(24-26-10-14(21(27)28)6-16(23)20(11)26)18-7-13-4-5-15(22)8-17(13)25(18)9-12-2-3-12/h4-8,10,12H,2-3,9H2,1H3,(H,27,28). The van der Waals surface area contributed by atoms with Crippen LogP contribution >= 0.6 is 15.9 Å². The third-order valence-corrected chi connectivity index (χ3v) is 5.90. The zero-order valence-corrected chi connectivity index (χ0v) is 16.7. The minimum atomic E-state index is -1.18. The number of hydrogen-bond acceptors (Lipinski definition) is 2. The molecule has 0 unspecified atom stereocenters. The second-order valence-corrected chi connectivity index (χ2v) is 8.35. The number of carboxylic acids is 1. The van der Waals surface area contributed by atoms with Crippen molar-refractivity contribution in [3.8, 4) is 11.4 Å². The lowest BCUT2D eigenvalue weighted by Gasteiger charge is -2.09. The van der Waals surface area contributed by atoms with E-state index in [1.165, 1.54) is 23.6 Å². The summed E-state index contributed by atoms with van der Waals surface area (Å²) < 4.78 is 19.2. The highest BCUT2D eigenvalue weighted by Gasteiger charge is 2.26. The molecule has 0 bridgehead atoms. The van der Waals surface area contributed by atoms with Crippen LogP contribution in [0.1, 0.15) is 28.8 Å². The van der Waals surface area contributed by atoms with Crippen LogP contribution in [0.4, 0.5) is 4.39 Å². The Kier molecular flexibility index (Phi) is 3.84. The van der Waals surface area contributed by atoms with Crippen molar-refractivity contribution in [2.24, 2.45) is 5.92 Å². The highest BCUT2D eigenvalue weighted by molar-refractivity contribution is 9.10. The average molecular weight is 442 g/mol. The summed E-state index contributed by atoms with van der Waals surface area (Å²) >= 11 is 3.55. The lowest BCUT2D eigenvalue weighted by molar-refractivity contribution is 0.0695. The Morgan fingerprint density at radius 1 is 1.32 bits per heavy atom. The van der Waals surface area contributed by atoms with Gasteiger partial charge in [-0.15, -0.1) is 0 Å². The number of rotatable bonds is 4. The van der Waals surface area contributed by atoms with Crippen molar-refractivity contribution in [2.75, 3.05) is 0 Å². The summed E-state index contributed by atoms with van der Waals surface area (Å²) in [5, 5.41) is 14.9. The van der Waals surface area contributed by atoms with Gasteiger partial charge in [0.25, 0.3) is 0 Å². The molecule has 0 atom stereocenters. The molecule has 0 spiro atoms. The largest absolute Gasteiger partial charge is 0.478 e. The second kappa shape index (κ2) is 6.17. The number of fused-ring (bicyclic) bond motifs is 2. The van der Waals surface area contributed by atoms with E-state index in [4.69, 9.17) is 0 Å². The molecule has 1 aromatic carbocycles. The van der Waals surface area contributed by atoms with Crippen LogP contribution in [0.5, 0.6) is 0 Å². The number of pyridine rings is 1. The summed E-state index contributed by atoms with van der Waals surface area (Å²) in [6.45, 7) is 2.72. The maximum absolute atomic E-state index is 14.6. The molecule has 0 radical (unpaired) electrons. The number of carbonyl (C=O) groups is 1. The molecule has 1 saturated carbocycles. The maximum Gasteiger partial charge on any atom is 0.337 e. The smallest absolute Gasteiger partial charge is 0.337 e. The third-order valence-electron chi connectivity index (χ3n) is 5.41. The van der Waals surface area contributed by atoms with Crippen molar-refractivity contribution in [1.82, 2.24) is 14.2 Å². The highest BCUT2D eigenvalue weighted by Crippen LogP contribution is 2.38. The van der Waals surface area contributed by atoms with Crippen molar-refractivity contribution in [1.29, 1.82) is 0 Å². The van der Waals surface area contributed by atoms with Crippen LogP contribution in [0.25, 0.3) is 27.8 Å². The van der Waals surface area contributed by atoms with E-state index < -0.39 is 11.8 Å². The van der Waals surface area contributed by atoms with Crippen LogP contribution in [0.3, 0.4) is 0 Å². The van der Waals surface area contributed by atoms with Gasteiger partial charge >= 0.3 is 5.97 Å². The van der Waals surface area contributed by atoms with Gasteiger partial charge in [0.2, 0.25) is 0 Å². The Hall–Kier alpha value is -2.67. The van der Waals surface area contributed by atoms with Gasteiger partial charge in [0.15, 0.2) is 0 Å². The van der Waals surface area contributed by atoms with Crippen molar-refractivity contribution >= 4 is 38.3 Å². The van der Waals surface area contributed by atoms with E-state index in [-0.39, 0.29) is 5.56 Å². The van der Waals surface area contributed by atoms with Gasteiger partial charge in [-0.2, -0.15) is 5.10 Å². The number of halogens is 2. The number of aryl methyl sites for hydroxylation is 1. The SMILES string of the molecule is Cc1c(-c2cc3ccc(Br)cc3n2CC2CC2)nn2cc(C(=O)O)cc(F)c12. The summed E-state index contributed by atoms with van der Waals surface area (Å²) in [5.41, 5.74) is 3.60. The first kappa shape index (κ1) is 17.4. The number of benzene rings is 1. The van der Waals surface area contributed by atoms with E-state index in [2.05, 4.69) is 43.8 Å². The molecule has 5 rings (SSSR count). The lowest BCUT2D eigenvalue weighted by Crippen LogP contribution is -2.03. The first-order chi connectivity index (χ1) is 13.4. The number of aromatic nitrogens is 3. The summed E-state index contributed by atoms with van der Waals surface area (Å²) in [6, 6.07) is 9.28. The summed E-state index contributed by atoms with van der Waals surface area (Å²) in [5.74, 6) is -1.10. The molecular weight excluding hydrogens is 425 g/mol. The first-order valence-electron chi connectivity index (χ1n) is 9.13. The molecule has 0 amide bonds. The molecule has 5 nitrogen and oxygen atoms in total. The number of hydrogen-bond donors (Lipinski definition) is 1. The van der Waals surface area contributed by atoms with Crippen LogP contribution in [0, 0.1) is 18.7 Å². The fraction of sp³-hybridized carbons (Fsp3) is 0.238. The summed E-state index contributed by atoms with van der Waals surface area (Å²) in [6.07, 6.45) is 3.80. The number of nitrogens with zero attached hydrogens (tertiary/aromatic N) is 3. The zero-order chi connectivity index (χ0) is 19.6. The molecule has 1 fully saturated rings. The van der Waals surface area contributed by atoms with E-state index in [1.807, 2.05) is 13.0 Å². The molecule has 3 aromatic heterocycles. The molecule has 3 heterocycles. The number of carboxylic acid groups (broad SMARTS) is 1. The van der Waals surface area contributed by atoms with Gasteiger partial charge in [-0.3, -0.25) is 0 Å². The predicted molar refractivity (Wildman–Crippen MR) is 108 cm³/mol. The molecule has 28 heavy (non-hydrogen) atoms. The van der Waals surface area contributed by atoms with Gasteiger partial charge in [0.05, 0.1) is 11.3 Å². The first-order valence-corrected chi connectivity index (χ1v) is 9.92. The fourth-order valence-electron chi connectivity index (χ4n) is 3.81. The van der Waals surface area contributed by atoms with Crippen LogP contribution in [0.15, 0.2) is 41.0 Å². The predicted octanol–water partition coefficient (Wildman–Crippen LogP) is 5.27. The van der Waals surface area contributed by atoms with Crippen molar-refractivity contribution in [2.45, 2.75) is 26.3 Å². The van der Waals surface area contributed by atoms with Crippen molar-refractivity contribution < 1.29 is 14.3 Å². The second-order valence-electron chi connectivity index (χ2n) is 7.44. The summed E-state index contributed by atoms with van der Waals surface area (Å²) in [7, 11) is 0. The molecule has 4 aromatic rings. The normalized spacial score (nSPS) is 14.2. The van der Waals surface area contributed by atoms with E-state index in [0.717, 1.165) is 33.7 Å². The Morgan fingerprint density at radius 2 is 2.11 bits per heavy atom. The molecular formula is C21H17BrFN3O2. The van der Waals surface area contributed by atoms with E-state index in [0.29, 0.717) is 22.7 Å². The van der Waals surface area contributed by atoms with Gasteiger partial charge < -0.3 is 9.67 Å². The zero-order valence-electron chi connectivity index (χ0n) is 15.1. The van der Waals surface area contributed by atoms with Crippen LogP contribution in [-0.4, -0.2) is 25.3 Å². The van der Waals surface area contributed by atoms with E-state index in [9.17, 15) is 14.3 Å². The molecule has 0 saturated heterocycles. The Morgan fingerprint density at radius 3 is 2.82 bits per heavy atom. The minimum Gasteiger partial charge on any atom is -0.478 e. The van der Waals surface area contributed by atoms with E-state index >= 15 is 0 Å². The third kappa shape index (κ3) is 2.73. The van der Waals surface area contributed by atoms with Gasteiger partial charge in [0.1, 0.15) is 17.0 Å². The topological polar surface area (TPSA) is 59.5 Å². The lowest BCUT2D eigenvalue weighted by atomic mass is 10.1. The van der Waals surface area contributed by atoms with Crippen molar-refractivity contribution in [3.05, 3.63) is 57.9 Å². The molecule has 1 aliphatic rings. The molecule has 142 valence electrons. The molecule has 7 heteroatoms. The molecule has 0 aliphatic heterocycles. The van der Waals surface area contributed by atoms with Gasteiger partial charge in [-0.1, -0.05) is 22.0 Å². The Balaban J connectivity index is 1.77. The van der Waals surface area contributed by atoms with Gasteiger partial charge in [0, 0.05) is 33.7 Å². The number of aromatic carboxylic acids is 1. The van der Waals surface area contributed by atoms with Crippen LogP contribution in [0.2, 0.25) is 0 Å². The highest BCUT2D eigenvalue weighted by atomic mass is 79.9. The van der Waals surface area contributed by atoms with Crippen molar-refractivity contribution in [3.63, 3.8) is 0 Å². The average Bonchev–Trinajstić information content (AvgIpc) is 3.32. The van der Waals surface area contributed by atoms with Crippen LogP contribution in [-0.2, 0) is 6.54 Å². The fourth-order valence-corrected chi connectivity index (χ4v) is 4.16. The van der Waals surface area contributed by atoms with Gasteiger partial charge in [-0.05, 0) is 49.9 Å². The molecule has 1 N–H and O–H groups in total. The van der Waals surface area contributed by atoms with Crippen LogP contribution < -0.4 is 0 Å². The molecule has 1 aliphatic carbocycles. The quantitative estimate of drug-likeness (QED) is 0.468.